The minimum atomic E-state index is -0.0435. The molecule has 0 spiro atoms. The van der Waals surface area contributed by atoms with Crippen molar-refractivity contribution in [3.8, 4) is 5.75 Å². The monoisotopic (exact) mass is 327 g/mol. The molecule has 0 radical (unpaired) electrons. The molecule has 0 saturated carbocycles. The van der Waals surface area contributed by atoms with Crippen molar-refractivity contribution >= 4 is 21.8 Å². The minimum Gasteiger partial charge on any atom is -0.497 e. The van der Waals surface area contributed by atoms with Crippen LogP contribution in [0.3, 0.4) is 0 Å². The van der Waals surface area contributed by atoms with Crippen molar-refractivity contribution in [3.63, 3.8) is 0 Å². The maximum absolute atomic E-state index is 12.0. The molecular formula is C15H22BrNO2. The topological polar surface area (TPSA) is 38.3 Å². The van der Waals surface area contributed by atoms with Gasteiger partial charge in [0.15, 0.2) is 0 Å². The molecule has 0 aromatic heterocycles. The number of hydrogen-bond acceptors (Lipinski definition) is 2. The summed E-state index contributed by atoms with van der Waals surface area (Å²) in [6.07, 6.45) is 2.23. The number of rotatable bonds is 7. The quantitative estimate of drug-likeness (QED) is 0.776. The van der Waals surface area contributed by atoms with Crippen molar-refractivity contribution in [2.45, 2.75) is 31.5 Å². The maximum Gasteiger partial charge on any atom is 0.251 e. The van der Waals surface area contributed by atoms with Crippen LogP contribution in [0.25, 0.3) is 0 Å². The molecule has 0 aliphatic heterocycles. The van der Waals surface area contributed by atoms with E-state index in [0.717, 1.165) is 18.6 Å². The molecule has 4 heteroatoms. The van der Waals surface area contributed by atoms with E-state index in [0.29, 0.717) is 22.9 Å². The number of carbonyl (C=O) groups is 1. The minimum absolute atomic E-state index is 0.0435. The summed E-state index contributed by atoms with van der Waals surface area (Å²) in [6, 6.07) is 7.13. The van der Waals surface area contributed by atoms with Crippen LogP contribution in [-0.4, -0.2) is 24.4 Å². The maximum atomic E-state index is 12.0. The number of halogens is 1. The summed E-state index contributed by atoms with van der Waals surface area (Å²) < 4.78 is 5.07. The fourth-order valence-electron chi connectivity index (χ4n) is 2.00. The Bertz CT molecular complexity index is 388. The fourth-order valence-corrected chi connectivity index (χ4v) is 2.91. The first-order chi connectivity index (χ1) is 9.12. The van der Waals surface area contributed by atoms with Crippen LogP contribution >= 0.6 is 15.9 Å². The van der Waals surface area contributed by atoms with Gasteiger partial charge in [0.05, 0.1) is 7.11 Å². The van der Waals surface area contributed by atoms with Crippen molar-refractivity contribution in [2.75, 3.05) is 13.7 Å². The highest BCUT2D eigenvalue weighted by molar-refractivity contribution is 9.09. The molecule has 1 N–H and O–H groups in total. The number of alkyl halides is 1. The van der Waals surface area contributed by atoms with Gasteiger partial charge in [0.25, 0.3) is 5.91 Å². The van der Waals surface area contributed by atoms with Crippen LogP contribution in [0.15, 0.2) is 24.3 Å². The molecule has 1 aromatic carbocycles. The number of ether oxygens (including phenoxy) is 1. The lowest BCUT2D eigenvalue weighted by Crippen LogP contribution is -2.32. The Labute approximate surface area is 123 Å². The lowest BCUT2D eigenvalue weighted by molar-refractivity contribution is 0.0952. The number of methoxy groups -OCH3 is 1. The lowest BCUT2D eigenvalue weighted by Gasteiger charge is -2.19. The van der Waals surface area contributed by atoms with E-state index >= 15 is 0 Å². The number of benzene rings is 1. The van der Waals surface area contributed by atoms with Crippen molar-refractivity contribution in [1.82, 2.24) is 5.32 Å². The smallest absolute Gasteiger partial charge is 0.251 e. The second-order valence-corrected chi connectivity index (χ2v) is 5.71. The van der Waals surface area contributed by atoms with Crippen molar-refractivity contribution in [2.24, 2.45) is 5.92 Å². The predicted molar refractivity (Wildman–Crippen MR) is 82.1 cm³/mol. The lowest BCUT2D eigenvalue weighted by atomic mass is 9.99. The molecule has 0 fully saturated rings. The molecule has 0 heterocycles. The number of nitrogens with one attached hydrogen (secondary N) is 1. The van der Waals surface area contributed by atoms with Gasteiger partial charge in [-0.25, -0.2) is 0 Å². The van der Waals surface area contributed by atoms with E-state index < -0.39 is 0 Å². The van der Waals surface area contributed by atoms with Crippen LogP contribution in [-0.2, 0) is 0 Å². The largest absolute Gasteiger partial charge is 0.497 e. The summed E-state index contributed by atoms with van der Waals surface area (Å²) in [4.78, 5) is 12.3. The fraction of sp³-hybridized carbons (Fsp3) is 0.533. The molecule has 0 aliphatic carbocycles. The highest BCUT2D eigenvalue weighted by Gasteiger charge is 2.16. The van der Waals surface area contributed by atoms with E-state index in [1.165, 1.54) is 0 Å². The molecular weight excluding hydrogens is 306 g/mol. The molecule has 0 aliphatic rings. The molecule has 1 rings (SSSR count). The Kier molecular flexibility index (Phi) is 6.92. The predicted octanol–water partition coefficient (Wildman–Crippen LogP) is 3.62. The number of amides is 1. The second kappa shape index (κ2) is 8.20. The first-order valence-corrected chi connectivity index (χ1v) is 7.60. The van der Waals surface area contributed by atoms with Gasteiger partial charge in [-0.2, -0.15) is 0 Å². The molecule has 19 heavy (non-hydrogen) atoms. The molecule has 106 valence electrons. The summed E-state index contributed by atoms with van der Waals surface area (Å²) in [7, 11) is 1.61. The molecule has 1 aromatic rings. The Hall–Kier alpha value is -1.03. The third kappa shape index (κ3) is 4.86. The summed E-state index contributed by atoms with van der Waals surface area (Å²) in [6.45, 7) is 5.00. The van der Waals surface area contributed by atoms with E-state index in [-0.39, 0.29) is 5.91 Å². The van der Waals surface area contributed by atoms with Gasteiger partial charge >= 0.3 is 0 Å². The zero-order chi connectivity index (χ0) is 14.3. The van der Waals surface area contributed by atoms with Gasteiger partial charge in [-0.05, 0) is 30.2 Å². The average Bonchev–Trinajstić information content (AvgIpc) is 2.46. The first kappa shape index (κ1) is 16.0. The average molecular weight is 328 g/mol. The van der Waals surface area contributed by atoms with E-state index in [1.54, 1.807) is 31.4 Å². The van der Waals surface area contributed by atoms with Crippen LogP contribution in [0.1, 0.15) is 37.0 Å². The standard InChI is InChI=1S/C15H22BrNO2/c1-4-11(5-2)14(16)10-17-15(18)12-6-8-13(19-3)9-7-12/h6-9,11,14H,4-5,10H2,1-3H3,(H,17,18). The van der Waals surface area contributed by atoms with Gasteiger partial charge in [0, 0.05) is 16.9 Å². The molecule has 1 atom stereocenters. The Morgan fingerprint density at radius 2 is 1.84 bits per heavy atom. The van der Waals surface area contributed by atoms with E-state index in [9.17, 15) is 4.79 Å². The van der Waals surface area contributed by atoms with Gasteiger partial charge in [0.2, 0.25) is 0 Å². The van der Waals surface area contributed by atoms with Crippen molar-refractivity contribution in [3.05, 3.63) is 29.8 Å². The molecule has 0 saturated heterocycles. The van der Waals surface area contributed by atoms with Gasteiger partial charge < -0.3 is 10.1 Å². The Morgan fingerprint density at radius 1 is 1.26 bits per heavy atom. The number of hydrogen-bond donors (Lipinski definition) is 1. The van der Waals surface area contributed by atoms with Gasteiger partial charge in [-0.1, -0.05) is 42.6 Å². The number of carbonyl (C=O) groups excluding carboxylic acids is 1. The zero-order valence-corrected chi connectivity index (χ0v) is 13.4. The summed E-state index contributed by atoms with van der Waals surface area (Å²) >= 11 is 3.65. The van der Waals surface area contributed by atoms with Crippen LogP contribution in [0.4, 0.5) is 0 Å². The normalized spacial score (nSPS) is 12.3. The van der Waals surface area contributed by atoms with Gasteiger partial charge in [-0.3, -0.25) is 4.79 Å². The third-order valence-corrected chi connectivity index (χ3v) is 4.44. The van der Waals surface area contributed by atoms with Crippen molar-refractivity contribution < 1.29 is 9.53 Å². The van der Waals surface area contributed by atoms with E-state index in [4.69, 9.17) is 4.74 Å². The Morgan fingerprint density at radius 3 is 2.32 bits per heavy atom. The zero-order valence-electron chi connectivity index (χ0n) is 11.8. The SMILES string of the molecule is CCC(CC)C(Br)CNC(=O)c1ccc(OC)cc1. The van der Waals surface area contributed by atoms with Crippen LogP contribution < -0.4 is 10.1 Å². The summed E-state index contributed by atoms with van der Waals surface area (Å²) in [5.74, 6) is 1.31. The highest BCUT2D eigenvalue weighted by Crippen LogP contribution is 2.19. The van der Waals surface area contributed by atoms with Gasteiger partial charge in [-0.15, -0.1) is 0 Å². The summed E-state index contributed by atoms with van der Waals surface area (Å²) in [5.41, 5.74) is 0.657. The Balaban J connectivity index is 2.50. The molecule has 1 amide bonds. The molecule has 1 unspecified atom stereocenters. The van der Waals surface area contributed by atoms with Crippen LogP contribution in [0.5, 0.6) is 5.75 Å². The van der Waals surface area contributed by atoms with Gasteiger partial charge in [0.1, 0.15) is 5.75 Å². The van der Waals surface area contributed by atoms with Crippen molar-refractivity contribution in [1.29, 1.82) is 0 Å². The molecule has 0 bridgehead atoms. The van der Waals surface area contributed by atoms with E-state index in [1.807, 2.05) is 0 Å². The second-order valence-electron chi connectivity index (χ2n) is 4.53. The first-order valence-electron chi connectivity index (χ1n) is 6.68. The third-order valence-electron chi connectivity index (χ3n) is 3.37. The van der Waals surface area contributed by atoms with Crippen LogP contribution in [0, 0.1) is 5.92 Å². The molecule has 3 nitrogen and oxygen atoms in total. The van der Waals surface area contributed by atoms with E-state index in [2.05, 4.69) is 35.1 Å². The summed E-state index contributed by atoms with van der Waals surface area (Å²) in [5, 5.41) is 2.96. The highest BCUT2D eigenvalue weighted by atomic mass is 79.9. The van der Waals surface area contributed by atoms with Crippen LogP contribution in [0.2, 0.25) is 0 Å².